The number of aryl methyl sites for hydroxylation is 2. The van der Waals surface area contributed by atoms with Crippen LogP contribution in [0.2, 0.25) is 0 Å². The van der Waals surface area contributed by atoms with Gasteiger partial charge in [0.1, 0.15) is 11.9 Å². The van der Waals surface area contributed by atoms with Crippen LogP contribution in [0.4, 0.5) is 0 Å². The van der Waals surface area contributed by atoms with Crippen molar-refractivity contribution in [2.45, 2.75) is 58.5 Å². The topological polar surface area (TPSA) is 68.5 Å². The first-order valence-corrected chi connectivity index (χ1v) is 10.5. The fourth-order valence-corrected chi connectivity index (χ4v) is 4.40. The highest BCUT2D eigenvalue weighted by molar-refractivity contribution is 5.76. The molecule has 2 aromatic rings. The molecule has 28 heavy (non-hydrogen) atoms. The van der Waals surface area contributed by atoms with Gasteiger partial charge in [0.25, 0.3) is 0 Å². The van der Waals surface area contributed by atoms with Crippen molar-refractivity contribution in [3.8, 4) is 11.3 Å². The van der Waals surface area contributed by atoms with Gasteiger partial charge in [-0.25, -0.2) is 4.98 Å². The number of morpholine rings is 1. The molecule has 0 aromatic carbocycles. The number of amides is 1. The second kappa shape index (κ2) is 8.43. The molecule has 2 fully saturated rings. The summed E-state index contributed by atoms with van der Waals surface area (Å²) in [7, 11) is 0. The van der Waals surface area contributed by atoms with Gasteiger partial charge in [0, 0.05) is 19.4 Å². The highest BCUT2D eigenvalue weighted by atomic mass is 16.5. The van der Waals surface area contributed by atoms with Crippen molar-refractivity contribution in [2.75, 3.05) is 19.7 Å². The monoisotopic (exact) mass is 383 g/mol. The molecule has 2 aliphatic rings. The van der Waals surface area contributed by atoms with Crippen LogP contribution in [0.25, 0.3) is 11.3 Å². The molecular formula is C22H29N3O3. The van der Waals surface area contributed by atoms with E-state index < -0.39 is 0 Å². The van der Waals surface area contributed by atoms with Crippen LogP contribution in [0.5, 0.6) is 0 Å². The summed E-state index contributed by atoms with van der Waals surface area (Å²) in [6, 6.07) is 5.95. The average Bonchev–Trinajstić information content (AvgIpc) is 3.37. The Morgan fingerprint density at radius 2 is 2.11 bits per heavy atom. The lowest BCUT2D eigenvalue weighted by Crippen LogP contribution is -2.42. The molecule has 4 rings (SSSR count). The van der Waals surface area contributed by atoms with Gasteiger partial charge in [0.2, 0.25) is 5.91 Å². The molecule has 1 amide bonds. The lowest BCUT2D eigenvalue weighted by atomic mass is 10.0. The molecule has 0 spiro atoms. The zero-order valence-electron chi connectivity index (χ0n) is 16.8. The molecule has 1 atom stereocenters. The molecule has 1 saturated heterocycles. The van der Waals surface area contributed by atoms with Gasteiger partial charge in [0.15, 0.2) is 0 Å². The lowest BCUT2D eigenvalue weighted by Gasteiger charge is -2.33. The van der Waals surface area contributed by atoms with E-state index in [0.29, 0.717) is 32.0 Å². The third kappa shape index (κ3) is 3.97. The van der Waals surface area contributed by atoms with E-state index in [1.807, 2.05) is 36.9 Å². The standard InChI is InChI=1S/C22H29N3O3/c1-3-19-22(15(2)24-28-19)18-10-6-9-17(23-18)20-14-25(11-12-27-20)21(26)13-16-7-4-5-8-16/h6,9-10,16,20H,3-5,7-8,11-14H2,1-2H3/t20-/m1/s1. The Kier molecular flexibility index (Phi) is 5.76. The zero-order valence-corrected chi connectivity index (χ0v) is 16.8. The van der Waals surface area contributed by atoms with Gasteiger partial charge in [-0.15, -0.1) is 0 Å². The van der Waals surface area contributed by atoms with Gasteiger partial charge in [0.05, 0.1) is 35.8 Å². The fourth-order valence-electron chi connectivity index (χ4n) is 4.40. The third-order valence-electron chi connectivity index (χ3n) is 5.97. The van der Waals surface area contributed by atoms with E-state index in [9.17, 15) is 4.79 Å². The zero-order chi connectivity index (χ0) is 19.5. The Bertz CT molecular complexity index is 826. The lowest BCUT2D eigenvalue weighted by molar-refractivity contribution is -0.140. The number of aromatic nitrogens is 2. The SMILES string of the molecule is CCc1onc(C)c1-c1cccc([C@H]2CN(C(=O)CC3CCCC3)CCO2)n1. The molecule has 6 heteroatoms. The smallest absolute Gasteiger partial charge is 0.223 e. The Balaban J connectivity index is 1.49. The van der Waals surface area contributed by atoms with Crippen molar-refractivity contribution >= 4 is 5.91 Å². The summed E-state index contributed by atoms with van der Waals surface area (Å²) in [6.45, 7) is 5.79. The van der Waals surface area contributed by atoms with Crippen LogP contribution >= 0.6 is 0 Å². The molecule has 6 nitrogen and oxygen atoms in total. The largest absolute Gasteiger partial charge is 0.368 e. The summed E-state index contributed by atoms with van der Waals surface area (Å²) in [5.41, 5.74) is 3.53. The number of hydrogen-bond acceptors (Lipinski definition) is 5. The maximum Gasteiger partial charge on any atom is 0.223 e. The second-order valence-electron chi connectivity index (χ2n) is 7.92. The van der Waals surface area contributed by atoms with Gasteiger partial charge in [-0.05, 0) is 37.8 Å². The minimum atomic E-state index is -0.188. The van der Waals surface area contributed by atoms with E-state index in [0.717, 1.165) is 34.8 Å². The Hall–Kier alpha value is -2.21. The summed E-state index contributed by atoms with van der Waals surface area (Å²) in [4.78, 5) is 19.5. The van der Waals surface area contributed by atoms with Crippen LogP contribution in [0.3, 0.4) is 0 Å². The predicted molar refractivity (Wildman–Crippen MR) is 106 cm³/mol. The van der Waals surface area contributed by atoms with Crippen molar-refractivity contribution in [1.82, 2.24) is 15.0 Å². The number of rotatable bonds is 5. The van der Waals surface area contributed by atoms with E-state index in [2.05, 4.69) is 5.16 Å². The molecule has 0 unspecified atom stereocenters. The van der Waals surface area contributed by atoms with Crippen molar-refractivity contribution in [2.24, 2.45) is 5.92 Å². The van der Waals surface area contributed by atoms with Crippen LogP contribution in [-0.4, -0.2) is 40.6 Å². The summed E-state index contributed by atoms with van der Waals surface area (Å²) in [6.07, 6.45) is 6.18. The van der Waals surface area contributed by atoms with Crippen LogP contribution in [-0.2, 0) is 16.0 Å². The first-order valence-electron chi connectivity index (χ1n) is 10.5. The van der Waals surface area contributed by atoms with Gasteiger partial charge < -0.3 is 14.2 Å². The summed E-state index contributed by atoms with van der Waals surface area (Å²) in [5.74, 6) is 1.68. The number of carbonyl (C=O) groups is 1. The number of nitrogens with zero attached hydrogens (tertiary/aromatic N) is 3. The summed E-state index contributed by atoms with van der Waals surface area (Å²) in [5, 5.41) is 4.09. The fraction of sp³-hybridized carbons (Fsp3) is 0.591. The molecule has 2 aromatic heterocycles. The van der Waals surface area contributed by atoms with E-state index in [-0.39, 0.29) is 12.0 Å². The van der Waals surface area contributed by atoms with Crippen molar-refractivity contribution in [3.05, 3.63) is 35.3 Å². The Labute approximate surface area is 166 Å². The molecular weight excluding hydrogens is 354 g/mol. The van der Waals surface area contributed by atoms with E-state index in [1.54, 1.807) is 0 Å². The molecule has 1 aliphatic heterocycles. The Morgan fingerprint density at radius 3 is 2.89 bits per heavy atom. The second-order valence-corrected chi connectivity index (χ2v) is 7.92. The maximum absolute atomic E-state index is 12.7. The number of pyridine rings is 1. The van der Waals surface area contributed by atoms with Crippen LogP contribution in [0.1, 0.15) is 62.3 Å². The van der Waals surface area contributed by atoms with Gasteiger partial charge in [-0.1, -0.05) is 31.0 Å². The molecule has 150 valence electrons. The van der Waals surface area contributed by atoms with Crippen molar-refractivity contribution < 1.29 is 14.1 Å². The van der Waals surface area contributed by atoms with Gasteiger partial charge in [-0.2, -0.15) is 0 Å². The molecule has 0 radical (unpaired) electrons. The van der Waals surface area contributed by atoms with Crippen molar-refractivity contribution in [1.29, 1.82) is 0 Å². The average molecular weight is 383 g/mol. The molecule has 0 N–H and O–H groups in total. The molecule has 1 saturated carbocycles. The first-order chi connectivity index (χ1) is 13.7. The highest BCUT2D eigenvalue weighted by Gasteiger charge is 2.29. The summed E-state index contributed by atoms with van der Waals surface area (Å²) < 4.78 is 11.4. The Morgan fingerprint density at radius 1 is 1.29 bits per heavy atom. The van der Waals surface area contributed by atoms with Gasteiger partial charge >= 0.3 is 0 Å². The minimum Gasteiger partial charge on any atom is -0.368 e. The van der Waals surface area contributed by atoms with E-state index >= 15 is 0 Å². The quantitative estimate of drug-likeness (QED) is 0.778. The molecule has 1 aliphatic carbocycles. The third-order valence-corrected chi connectivity index (χ3v) is 5.97. The van der Waals surface area contributed by atoms with Crippen LogP contribution in [0.15, 0.2) is 22.7 Å². The van der Waals surface area contributed by atoms with E-state index in [4.69, 9.17) is 14.2 Å². The minimum absolute atomic E-state index is 0.188. The highest BCUT2D eigenvalue weighted by Crippen LogP contribution is 2.31. The normalized spacial score (nSPS) is 20.6. The first kappa shape index (κ1) is 19.1. The predicted octanol–water partition coefficient (Wildman–Crippen LogP) is 4.09. The maximum atomic E-state index is 12.7. The number of hydrogen-bond donors (Lipinski definition) is 0. The van der Waals surface area contributed by atoms with Crippen LogP contribution < -0.4 is 0 Å². The van der Waals surface area contributed by atoms with Crippen molar-refractivity contribution in [3.63, 3.8) is 0 Å². The van der Waals surface area contributed by atoms with E-state index in [1.165, 1.54) is 25.7 Å². The molecule has 0 bridgehead atoms. The van der Waals surface area contributed by atoms with Crippen LogP contribution in [0, 0.1) is 12.8 Å². The number of carbonyl (C=O) groups excluding carboxylic acids is 1. The van der Waals surface area contributed by atoms with Gasteiger partial charge in [-0.3, -0.25) is 4.79 Å². The number of ether oxygens (including phenoxy) is 1. The molecule has 3 heterocycles. The summed E-state index contributed by atoms with van der Waals surface area (Å²) >= 11 is 0.